The van der Waals surface area contributed by atoms with Gasteiger partial charge in [-0.25, -0.2) is 4.79 Å². The zero-order chi connectivity index (χ0) is 21.2. The molecule has 1 aromatic rings. The van der Waals surface area contributed by atoms with E-state index < -0.39 is 0 Å². The summed E-state index contributed by atoms with van der Waals surface area (Å²) in [6, 6.07) is 4.88. The number of carbonyl (C=O) groups excluding carboxylic acids is 1. The first kappa shape index (κ1) is 25.3. The zero-order valence-corrected chi connectivity index (χ0v) is 18.7. The fourth-order valence-electron chi connectivity index (χ4n) is 3.66. The predicted octanol–water partition coefficient (Wildman–Crippen LogP) is 7.27. The molecule has 4 N–H and O–H groups in total. The summed E-state index contributed by atoms with van der Waals surface area (Å²) in [5, 5.41) is 0. The summed E-state index contributed by atoms with van der Waals surface area (Å²) in [4.78, 5) is 12.0. The molecule has 0 unspecified atom stereocenters. The number of anilines is 2. The van der Waals surface area contributed by atoms with Crippen LogP contribution in [-0.4, -0.2) is 12.6 Å². The third-order valence-corrected chi connectivity index (χ3v) is 5.53. The van der Waals surface area contributed by atoms with E-state index in [4.69, 9.17) is 16.2 Å². The lowest BCUT2D eigenvalue weighted by atomic mass is 10.0. The molecule has 4 nitrogen and oxygen atoms in total. The Balaban J connectivity index is 1.84. The largest absolute Gasteiger partial charge is 0.462 e. The molecule has 0 bridgehead atoms. The average molecular weight is 405 g/mol. The number of nitrogen functional groups attached to an aromatic ring is 2. The molecule has 0 heterocycles. The molecule has 0 saturated carbocycles. The molecule has 1 rings (SSSR count). The Morgan fingerprint density at radius 2 is 1.17 bits per heavy atom. The van der Waals surface area contributed by atoms with Crippen LogP contribution >= 0.6 is 0 Å². The molecule has 0 aliphatic rings. The van der Waals surface area contributed by atoms with Crippen LogP contribution in [0, 0.1) is 0 Å². The number of hydrogen-bond acceptors (Lipinski definition) is 4. The van der Waals surface area contributed by atoms with Crippen LogP contribution in [0.2, 0.25) is 0 Å². The summed E-state index contributed by atoms with van der Waals surface area (Å²) >= 11 is 0. The van der Waals surface area contributed by atoms with Crippen molar-refractivity contribution in [2.45, 2.75) is 110 Å². The molecule has 4 heteroatoms. The maximum atomic E-state index is 12.0. The second-order valence-corrected chi connectivity index (χ2v) is 8.29. The molecular formula is C25H44N2O2. The van der Waals surface area contributed by atoms with Crippen molar-refractivity contribution in [2.24, 2.45) is 0 Å². The first-order chi connectivity index (χ1) is 14.1. The molecule has 0 aliphatic carbocycles. The van der Waals surface area contributed by atoms with Crippen LogP contribution in [0.3, 0.4) is 0 Å². The molecule has 0 fully saturated rings. The highest BCUT2D eigenvalue weighted by Crippen LogP contribution is 2.17. The summed E-state index contributed by atoms with van der Waals surface area (Å²) in [7, 11) is 0. The molecule has 0 saturated heterocycles. The Hall–Kier alpha value is -1.71. The van der Waals surface area contributed by atoms with Gasteiger partial charge in [-0.3, -0.25) is 0 Å². The molecular weight excluding hydrogens is 360 g/mol. The van der Waals surface area contributed by atoms with Crippen LogP contribution in [0.15, 0.2) is 18.2 Å². The van der Waals surface area contributed by atoms with E-state index in [1.165, 1.54) is 89.9 Å². The van der Waals surface area contributed by atoms with Crippen LogP contribution in [0.1, 0.15) is 120 Å². The summed E-state index contributed by atoms with van der Waals surface area (Å²) in [6.07, 6.45) is 21.3. The van der Waals surface area contributed by atoms with E-state index in [0.717, 1.165) is 12.8 Å². The van der Waals surface area contributed by atoms with Gasteiger partial charge in [0.2, 0.25) is 0 Å². The van der Waals surface area contributed by atoms with Gasteiger partial charge in [-0.15, -0.1) is 0 Å². The van der Waals surface area contributed by atoms with Gasteiger partial charge >= 0.3 is 5.97 Å². The number of nitrogens with two attached hydrogens (primary N) is 2. The Morgan fingerprint density at radius 1 is 0.724 bits per heavy atom. The second kappa shape index (κ2) is 17.2. The predicted molar refractivity (Wildman–Crippen MR) is 125 cm³/mol. The van der Waals surface area contributed by atoms with Crippen molar-refractivity contribution >= 4 is 17.3 Å². The molecule has 0 atom stereocenters. The number of carbonyl (C=O) groups is 1. The molecule has 29 heavy (non-hydrogen) atoms. The topological polar surface area (TPSA) is 78.3 Å². The normalized spacial score (nSPS) is 10.9. The van der Waals surface area contributed by atoms with Crippen molar-refractivity contribution < 1.29 is 9.53 Å². The van der Waals surface area contributed by atoms with Gasteiger partial charge in [-0.1, -0.05) is 103 Å². The van der Waals surface area contributed by atoms with E-state index in [2.05, 4.69) is 6.92 Å². The van der Waals surface area contributed by atoms with Gasteiger partial charge in [-0.2, -0.15) is 0 Å². The number of rotatable bonds is 18. The molecule has 0 aromatic heterocycles. The Bertz CT molecular complexity index is 546. The van der Waals surface area contributed by atoms with Gasteiger partial charge in [0.05, 0.1) is 12.2 Å². The SMILES string of the molecule is CCCCCCCCCCCCCCCCCCOC(=O)c1ccc(N)cc1N. The Kier molecular flexibility index (Phi) is 15.0. The van der Waals surface area contributed by atoms with E-state index >= 15 is 0 Å². The first-order valence-electron chi connectivity index (χ1n) is 12.0. The summed E-state index contributed by atoms with van der Waals surface area (Å²) in [6.45, 7) is 2.74. The molecule has 166 valence electrons. The van der Waals surface area contributed by atoms with E-state index in [0.29, 0.717) is 23.5 Å². The highest BCUT2D eigenvalue weighted by atomic mass is 16.5. The van der Waals surface area contributed by atoms with Crippen molar-refractivity contribution in [3.05, 3.63) is 23.8 Å². The molecule has 0 spiro atoms. The smallest absolute Gasteiger partial charge is 0.340 e. The van der Waals surface area contributed by atoms with Crippen molar-refractivity contribution in [3.8, 4) is 0 Å². The van der Waals surface area contributed by atoms with Crippen molar-refractivity contribution in [3.63, 3.8) is 0 Å². The van der Waals surface area contributed by atoms with Crippen molar-refractivity contribution in [1.82, 2.24) is 0 Å². The number of benzene rings is 1. The fourth-order valence-corrected chi connectivity index (χ4v) is 3.66. The molecule has 0 radical (unpaired) electrons. The minimum Gasteiger partial charge on any atom is -0.462 e. The number of esters is 1. The lowest BCUT2D eigenvalue weighted by Gasteiger charge is -2.07. The molecule has 0 aliphatic heterocycles. The van der Waals surface area contributed by atoms with Gasteiger partial charge in [0.15, 0.2) is 0 Å². The molecule has 1 aromatic carbocycles. The third kappa shape index (κ3) is 13.2. The summed E-state index contributed by atoms with van der Waals surface area (Å²) in [5.74, 6) is -0.358. The van der Waals surface area contributed by atoms with Crippen LogP contribution in [0.4, 0.5) is 11.4 Å². The lowest BCUT2D eigenvalue weighted by molar-refractivity contribution is 0.0499. The van der Waals surface area contributed by atoms with E-state index in [1.807, 2.05) is 0 Å². The third-order valence-electron chi connectivity index (χ3n) is 5.53. The summed E-state index contributed by atoms with van der Waals surface area (Å²) in [5.41, 5.74) is 12.8. The standard InChI is InChI=1S/C25H44N2O2/c1-2-3-4-5-6-7-8-9-10-11-12-13-14-15-16-17-20-29-25(28)23-19-18-22(26)21-24(23)27/h18-19,21H,2-17,20,26-27H2,1H3. The van der Waals surface area contributed by atoms with Crippen molar-refractivity contribution in [1.29, 1.82) is 0 Å². The van der Waals surface area contributed by atoms with Gasteiger partial charge < -0.3 is 16.2 Å². The van der Waals surface area contributed by atoms with E-state index in [9.17, 15) is 4.79 Å². The number of hydrogen-bond donors (Lipinski definition) is 2. The fraction of sp³-hybridized carbons (Fsp3) is 0.720. The van der Waals surface area contributed by atoms with E-state index in [1.54, 1.807) is 18.2 Å². The lowest BCUT2D eigenvalue weighted by Crippen LogP contribution is -2.09. The van der Waals surface area contributed by atoms with E-state index in [-0.39, 0.29) is 5.97 Å². The average Bonchev–Trinajstić information content (AvgIpc) is 2.70. The maximum Gasteiger partial charge on any atom is 0.340 e. The highest BCUT2D eigenvalue weighted by molar-refractivity contribution is 5.95. The monoisotopic (exact) mass is 404 g/mol. The van der Waals surface area contributed by atoms with Gasteiger partial charge in [0.25, 0.3) is 0 Å². The van der Waals surface area contributed by atoms with Crippen LogP contribution in [-0.2, 0) is 4.74 Å². The van der Waals surface area contributed by atoms with Crippen molar-refractivity contribution in [2.75, 3.05) is 18.1 Å². The molecule has 0 amide bonds. The second-order valence-electron chi connectivity index (χ2n) is 8.29. The van der Waals surface area contributed by atoms with Gasteiger partial charge in [0, 0.05) is 11.4 Å². The number of unbranched alkanes of at least 4 members (excludes halogenated alkanes) is 15. The maximum absolute atomic E-state index is 12.0. The van der Waals surface area contributed by atoms with Crippen LogP contribution in [0.5, 0.6) is 0 Å². The highest BCUT2D eigenvalue weighted by Gasteiger charge is 2.10. The Morgan fingerprint density at radius 3 is 1.62 bits per heavy atom. The quantitative estimate of drug-likeness (QED) is 0.153. The zero-order valence-electron chi connectivity index (χ0n) is 18.7. The summed E-state index contributed by atoms with van der Waals surface area (Å²) < 4.78 is 5.31. The van der Waals surface area contributed by atoms with Gasteiger partial charge in [-0.05, 0) is 24.6 Å². The first-order valence-corrected chi connectivity index (χ1v) is 12.0. The number of ether oxygens (including phenoxy) is 1. The van der Waals surface area contributed by atoms with Gasteiger partial charge in [0.1, 0.15) is 0 Å². The Labute approximate surface area is 178 Å². The minimum atomic E-state index is -0.358. The minimum absolute atomic E-state index is 0.358. The van der Waals surface area contributed by atoms with Crippen LogP contribution < -0.4 is 11.5 Å². The van der Waals surface area contributed by atoms with Crippen LogP contribution in [0.25, 0.3) is 0 Å².